The van der Waals surface area contributed by atoms with Crippen LogP contribution in [0, 0.1) is 0 Å². The van der Waals surface area contributed by atoms with Crippen LogP contribution in [0.15, 0.2) is 34.8 Å². The van der Waals surface area contributed by atoms with Crippen molar-refractivity contribution in [2.24, 2.45) is 0 Å². The zero-order valence-corrected chi connectivity index (χ0v) is 6.49. The van der Waals surface area contributed by atoms with Crippen molar-refractivity contribution in [3.63, 3.8) is 0 Å². The summed E-state index contributed by atoms with van der Waals surface area (Å²) in [5.41, 5.74) is 5.19. The Labute approximate surface area is 67.7 Å². The maximum absolute atomic E-state index is 5.19. The molecule has 0 amide bonds. The minimum absolute atomic E-state index is 0.634. The van der Waals surface area contributed by atoms with Gasteiger partial charge in [-0.05, 0) is 0 Å². The van der Waals surface area contributed by atoms with E-state index in [1.54, 1.807) is 12.4 Å². The second kappa shape index (κ2) is 4.45. The Kier molecular flexibility index (Phi) is 3.14. The molecule has 0 radical (unpaired) electrons. The molecule has 2 N–H and O–H groups in total. The molecule has 0 aliphatic heterocycles. The van der Waals surface area contributed by atoms with Crippen LogP contribution in [-0.2, 0) is 0 Å². The number of thiazole rings is 1. The fourth-order valence-corrected chi connectivity index (χ4v) is 0.793. The first-order chi connectivity index (χ1) is 5.39. The van der Waals surface area contributed by atoms with Crippen LogP contribution in [0.2, 0.25) is 0 Å². The molecule has 5 heteroatoms. The standard InChI is InChI=1S/C3H4N2S.C3H3NO/c4-3-5-1-2-6-3;1-2-5-3-4-1/h1-2H,(H2,4,5);1-3H. The number of nitrogen functional groups attached to an aromatic ring is 1. The molecule has 0 atom stereocenters. The van der Waals surface area contributed by atoms with E-state index in [-0.39, 0.29) is 0 Å². The van der Waals surface area contributed by atoms with E-state index in [1.165, 1.54) is 24.0 Å². The normalized spacial score (nSPS) is 8.36. The summed E-state index contributed by atoms with van der Waals surface area (Å²) in [7, 11) is 0. The molecule has 2 aromatic rings. The average Bonchev–Trinajstić information content (AvgIpc) is 2.57. The van der Waals surface area contributed by atoms with Gasteiger partial charge in [-0.25, -0.2) is 9.97 Å². The molecular formula is C6H7N3OS. The third-order valence-corrected chi connectivity index (χ3v) is 1.40. The highest BCUT2D eigenvalue weighted by Gasteiger charge is 1.76. The van der Waals surface area contributed by atoms with E-state index in [0.717, 1.165) is 0 Å². The summed E-state index contributed by atoms with van der Waals surface area (Å²) < 4.78 is 4.47. The molecule has 4 nitrogen and oxygen atoms in total. The third-order valence-electron chi connectivity index (χ3n) is 0.799. The van der Waals surface area contributed by atoms with Crippen molar-refractivity contribution in [1.29, 1.82) is 0 Å². The number of hydrogen-bond donors (Lipinski definition) is 1. The van der Waals surface area contributed by atoms with E-state index in [9.17, 15) is 0 Å². The topological polar surface area (TPSA) is 64.9 Å². The second-order valence-corrected chi connectivity index (χ2v) is 2.47. The molecule has 0 bridgehead atoms. The molecule has 0 unspecified atom stereocenters. The fraction of sp³-hybridized carbons (Fsp3) is 0. The Balaban J connectivity index is 0.000000112. The van der Waals surface area contributed by atoms with Crippen molar-refractivity contribution < 1.29 is 4.42 Å². The Morgan fingerprint density at radius 2 is 2.36 bits per heavy atom. The van der Waals surface area contributed by atoms with Crippen molar-refractivity contribution in [3.05, 3.63) is 30.4 Å². The number of rotatable bonds is 0. The van der Waals surface area contributed by atoms with Gasteiger partial charge in [0, 0.05) is 11.6 Å². The lowest BCUT2D eigenvalue weighted by molar-refractivity contribution is 0.558. The lowest BCUT2D eigenvalue weighted by Crippen LogP contribution is -1.77. The minimum atomic E-state index is 0.634. The summed E-state index contributed by atoms with van der Waals surface area (Å²) in [5.74, 6) is 0. The zero-order valence-electron chi connectivity index (χ0n) is 5.68. The molecule has 0 saturated heterocycles. The van der Waals surface area contributed by atoms with Crippen LogP contribution in [0.3, 0.4) is 0 Å². The molecule has 58 valence electrons. The predicted molar refractivity (Wildman–Crippen MR) is 43.0 cm³/mol. The highest BCUT2D eigenvalue weighted by Crippen LogP contribution is 2.02. The smallest absolute Gasteiger partial charge is 0.180 e. The Morgan fingerprint density at radius 1 is 1.45 bits per heavy atom. The second-order valence-electron chi connectivity index (χ2n) is 1.55. The highest BCUT2D eigenvalue weighted by molar-refractivity contribution is 7.13. The van der Waals surface area contributed by atoms with E-state index in [2.05, 4.69) is 14.4 Å². The average molecular weight is 169 g/mol. The van der Waals surface area contributed by atoms with Gasteiger partial charge in [0.2, 0.25) is 0 Å². The highest BCUT2D eigenvalue weighted by atomic mass is 32.1. The maximum Gasteiger partial charge on any atom is 0.180 e. The van der Waals surface area contributed by atoms with Crippen molar-refractivity contribution in [3.8, 4) is 0 Å². The molecule has 2 aromatic heterocycles. The van der Waals surface area contributed by atoms with Crippen LogP contribution in [0.4, 0.5) is 5.13 Å². The Bertz CT molecular complexity index is 236. The third kappa shape index (κ3) is 3.36. The summed E-state index contributed by atoms with van der Waals surface area (Å²) in [6.45, 7) is 0. The minimum Gasteiger partial charge on any atom is -0.452 e. The van der Waals surface area contributed by atoms with Gasteiger partial charge in [0.05, 0.1) is 6.20 Å². The first-order valence-corrected chi connectivity index (χ1v) is 3.74. The number of nitrogens with two attached hydrogens (primary N) is 1. The fourth-order valence-electron chi connectivity index (χ4n) is 0.410. The van der Waals surface area contributed by atoms with Crippen molar-refractivity contribution in [2.45, 2.75) is 0 Å². The molecule has 0 spiro atoms. The summed E-state index contributed by atoms with van der Waals surface area (Å²) >= 11 is 1.44. The monoisotopic (exact) mass is 169 g/mol. The van der Waals surface area contributed by atoms with Gasteiger partial charge < -0.3 is 10.2 Å². The number of anilines is 1. The predicted octanol–water partition coefficient (Wildman–Crippen LogP) is 1.40. The number of aromatic nitrogens is 2. The molecule has 2 rings (SSSR count). The van der Waals surface area contributed by atoms with Crippen LogP contribution in [0.25, 0.3) is 0 Å². The summed E-state index contributed by atoms with van der Waals surface area (Å²) in [4.78, 5) is 7.27. The van der Waals surface area contributed by atoms with Crippen molar-refractivity contribution in [1.82, 2.24) is 9.97 Å². The Morgan fingerprint density at radius 3 is 2.55 bits per heavy atom. The quantitative estimate of drug-likeness (QED) is 0.647. The summed E-state index contributed by atoms with van der Waals surface area (Å²) in [5, 5.41) is 2.48. The van der Waals surface area contributed by atoms with Crippen LogP contribution < -0.4 is 5.73 Å². The molecular weight excluding hydrogens is 162 g/mol. The van der Waals surface area contributed by atoms with Crippen LogP contribution in [-0.4, -0.2) is 9.97 Å². The van der Waals surface area contributed by atoms with Gasteiger partial charge in [0.25, 0.3) is 0 Å². The number of nitrogens with zero attached hydrogens (tertiary/aromatic N) is 2. The van der Waals surface area contributed by atoms with Gasteiger partial charge in [-0.2, -0.15) is 0 Å². The summed E-state index contributed by atoms with van der Waals surface area (Å²) in [6.07, 6.45) is 6.15. The number of oxazole rings is 1. The van der Waals surface area contributed by atoms with Crippen LogP contribution in [0.5, 0.6) is 0 Å². The van der Waals surface area contributed by atoms with Crippen LogP contribution in [0.1, 0.15) is 0 Å². The lowest BCUT2D eigenvalue weighted by Gasteiger charge is -1.67. The lowest BCUT2D eigenvalue weighted by atomic mass is 11.0. The van der Waals surface area contributed by atoms with Crippen molar-refractivity contribution in [2.75, 3.05) is 5.73 Å². The van der Waals surface area contributed by atoms with E-state index in [1.807, 2.05) is 5.38 Å². The van der Waals surface area contributed by atoms with E-state index >= 15 is 0 Å². The van der Waals surface area contributed by atoms with Gasteiger partial charge in [0.15, 0.2) is 11.5 Å². The van der Waals surface area contributed by atoms with Gasteiger partial charge in [0.1, 0.15) is 6.26 Å². The van der Waals surface area contributed by atoms with Crippen molar-refractivity contribution >= 4 is 16.5 Å². The first kappa shape index (κ1) is 7.74. The number of hydrogen-bond acceptors (Lipinski definition) is 5. The molecule has 2 heterocycles. The van der Waals surface area contributed by atoms with E-state index in [0.29, 0.717) is 5.13 Å². The van der Waals surface area contributed by atoms with Gasteiger partial charge in [-0.3, -0.25) is 0 Å². The molecule has 0 aliphatic carbocycles. The zero-order chi connectivity index (χ0) is 7.94. The Hall–Kier alpha value is -1.36. The largest absolute Gasteiger partial charge is 0.452 e. The molecule has 0 aromatic carbocycles. The van der Waals surface area contributed by atoms with E-state index < -0.39 is 0 Å². The van der Waals surface area contributed by atoms with Crippen LogP contribution >= 0.6 is 11.3 Å². The maximum atomic E-state index is 5.19. The molecule has 0 fully saturated rings. The van der Waals surface area contributed by atoms with Gasteiger partial charge in [-0.15, -0.1) is 11.3 Å². The first-order valence-electron chi connectivity index (χ1n) is 2.86. The SMILES string of the molecule is Nc1nccs1.c1cocn1. The van der Waals surface area contributed by atoms with Gasteiger partial charge >= 0.3 is 0 Å². The molecule has 0 saturated carbocycles. The molecule has 11 heavy (non-hydrogen) atoms. The summed E-state index contributed by atoms with van der Waals surface area (Å²) in [6, 6.07) is 0. The van der Waals surface area contributed by atoms with E-state index in [4.69, 9.17) is 5.73 Å². The molecule has 0 aliphatic rings. The van der Waals surface area contributed by atoms with Gasteiger partial charge in [-0.1, -0.05) is 0 Å².